The second kappa shape index (κ2) is 4.70. The van der Waals surface area contributed by atoms with E-state index in [0.29, 0.717) is 4.70 Å². The van der Waals surface area contributed by atoms with Crippen molar-refractivity contribution in [2.75, 3.05) is 0 Å². The van der Waals surface area contributed by atoms with Gasteiger partial charge in [-0.3, -0.25) is 0 Å². The van der Waals surface area contributed by atoms with E-state index in [1.807, 2.05) is 0 Å². The number of hydrogen-bond donors (Lipinski definition) is 1. The zero-order chi connectivity index (χ0) is 15.2. The monoisotopic (exact) mass is 313 g/mol. The number of halogens is 4. The first-order valence-corrected chi connectivity index (χ1v) is 6.63. The van der Waals surface area contributed by atoms with Gasteiger partial charge in [0.25, 0.3) is 0 Å². The molecule has 108 valence electrons. The Hall–Kier alpha value is -2.15. The Morgan fingerprint density at radius 1 is 1.05 bits per heavy atom. The van der Waals surface area contributed by atoms with Gasteiger partial charge in [0.05, 0.1) is 15.8 Å². The maximum Gasteiger partial charge on any atom is 0.416 e. The van der Waals surface area contributed by atoms with Gasteiger partial charge >= 0.3 is 6.18 Å². The van der Waals surface area contributed by atoms with E-state index in [0.717, 1.165) is 29.5 Å². The maximum absolute atomic E-state index is 13.8. The first kappa shape index (κ1) is 13.8. The quantitative estimate of drug-likeness (QED) is 0.653. The summed E-state index contributed by atoms with van der Waals surface area (Å²) < 4.78 is 52.2. The fourth-order valence-electron chi connectivity index (χ4n) is 1.90. The van der Waals surface area contributed by atoms with Gasteiger partial charge in [-0.1, -0.05) is 0 Å². The molecule has 0 aliphatic carbocycles. The van der Waals surface area contributed by atoms with E-state index in [-0.39, 0.29) is 21.8 Å². The van der Waals surface area contributed by atoms with E-state index >= 15 is 0 Å². The molecule has 3 aromatic rings. The van der Waals surface area contributed by atoms with Gasteiger partial charge in [-0.05, 0) is 30.3 Å². The Balaban J connectivity index is 2.13. The second-order valence-corrected chi connectivity index (χ2v) is 5.39. The van der Waals surface area contributed by atoms with Crippen LogP contribution >= 0.6 is 11.3 Å². The van der Waals surface area contributed by atoms with Crippen LogP contribution in [-0.4, -0.2) is 10.1 Å². The number of phenols is 1. The summed E-state index contributed by atoms with van der Waals surface area (Å²) in [5.41, 5.74) is -0.488. The van der Waals surface area contributed by atoms with Crippen LogP contribution in [0.2, 0.25) is 0 Å². The fraction of sp³-hybridized carbons (Fsp3) is 0.0714. The molecule has 0 spiro atoms. The average Bonchev–Trinajstić information content (AvgIpc) is 2.79. The Morgan fingerprint density at radius 2 is 1.81 bits per heavy atom. The Morgan fingerprint density at radius 3 is 2.48 bits per heavy atom. The van der Waals surface area contributed by atoms with E-state index < -0.39 is 17.6 Å². The highest BCUT2D eigenvalue weighted by molar-refractivity contribution is 7.21. The third kappa shape index (κ3) is 2.56. The van der Waals surface area contributed by atoms with Gasteiger partial charge in [0.15, 0.2) is 0 Å². The van der Waals surface area contributed by atoms with E-state index in [9.17, 15) is 17.6 Å². The number of hydrogen-bond acceptors (Lipinski definition) is 3. The lowest BCUT2D eigenvalue weighted by molar-refractivity contribution is -0.137. The molecular formula is C14H7F4NOS. The van der Waals surface area contributed by atoms with Crippen LogP contribution in [0.15, 0.2) is 36.4 Å². The summed E-state index contributed by atoms with van der Waals surface area (Å²) in [7, 11) is 0. The summed E-state index contributed by atoms with van der Waals surface area (Å²) in [5, 5.41) is 9.43. The Labute approximate surface area is 120 Å². The number of rotatable bonds is 1. The third-order valence-electron chi connectivity index (χ3n) is 2.90. The van der Waals surface area contributed by atoms with Crippen LogP contribution < -0.4 is 0 Å². The lowest BCUT2D eigenvalue weighted by atomic mass is 10.2. The number of benzene rings is 2. The fourth-order valence-corrected chi connectivity index (χ4v) is 2.87. The molecular weight excluding hydrogens is 306 g/mol. The van der Waals surface area contributed by atoms with E-state index in [4.69, 9.17) is 5.11 Å². The van der Waals surface area contributed by atoms with Crippen molar-refractivity contribution in [3.63, 3.8) is 0 Å². The normalized spacial score (nSPS) is 12.0. The minimum Gasteiger partial charge on any atom is -0.508 e. The highest BCUT2D eigenvalue weighted by atomic mass is 32.1. The van der Waals surface area contributed by atoms with Crippen molar-refractivity contribution in [2.24, 2.45) is 0 Å². The molecule has 1 heterocycles. The third-order valence-corrected chi connectivity index (χ3v) is 3.97. The summed E-state index contributed by atoms with van der Waals surface area (Å²) in [6.45, 7) is 0. The Kier molecular flexibility index (Phi) is 3.09. The summed E-state index contributed by atoms with van der Waals surface area (Å²) in [6, 6.07) is 6.80. The molecule has 2 aromatic carbocycles. The van der Waals surface area contributed by atoms with Gasteiger partial charge in [-0.15, -0.1) is 11.3 Å². The van der Waals surface area contributed by atoms with Crippen LogP contribution in [0, 0.1) is 5.82 Å². The average molecular weight is 313 g/mol. The summed E-state index contributed by atoms with van der Waals surface area (Å²) >= 11 is 1.09. The Bertz CT molecular complexity index is 825. The predicted molar refractivity (Wildman–Crippen MR) is 71.7 cm³/mol. The molecule has 0 amide bonds. The maximum atomic E-state index is 13.8. The number of phenolic OH excluding ortho intramolecular Hbond substituents is 1. The van der Waals surface area contributed by atoms with Gasteiger partial charge in [0.2, 0.25) is 0 Å². The van der Waals surface area contributed by atoms with Crippen LogP contribution in [0.1, 0.15) is 5.56 Å². The molecule has 0 saturated heterocycles. The molecule has 0 saturated carbocycles. The zero-order valence-electron chi connectivity index (χ0n) is 10.3. The highest BCUT2D eigenvalue weighted by Gasteiger charge is 2.30. The molecule has 0 bridgehead atoms. The van der Waals surface area contributed by atoms with Gasteiger partial charge in [-0.25, -0.2) is 9.37 Å². The number of alkyl halides is 3. The SMILES string of the molecule is Oc1ccc(-c2nc3cc(C(F)(F)F)ccc3s2)c(F)c1. The van der Waals surface area contributed by atoms with Gasteiger partial charge in [-0.2, -0.15) is 13.2 Å². The highest BCUT2D eigenvalue weighted by Crippen LogP contribution is 2.36. The topological polar surface area (TPSA) is 33.1 Å². The summed E-state index contributed by atoms with van der Waals surface area (Å²) in [4.78, 5) is 4.04. The molecule has 1 aromatic heterocycles. The number of aromatic hydroxyl groups is 1. The minimum absolute atomic E-state index is 0.141. The van der Waals surface area contributed by atoms with Crippen LogP contribution in [-0.2, 0) is 6.18 Å². The van der Waals surface area contributed by atoms with Crippen molar-refractivity contribution >= 4 is 21.6 Å². The number of fused-ring (bicyclic) bond motifs is 1. The first-order chi connectivity index (χ1) is 9.84. The predicted octanol–water partition coefficient (Wildman–Crippen LogP) is 4.83. The van der Waals surface area contributed by atoms with Gasteiger partial charge in [0.1, 0.15) is 16.6 Å². The molecule has 3 rings (SSSR count). The molecule has 0 fully saturated rings. The second-order valence-electron chi connectivity index (χ2n) is 4.36. The number of nitrogens with zero attached hydrogens (tertiary/aromatic N) is 1. The first-order valence-electron chi connectivity index (χ1n) is 5.81. The molecule has 21 heavy (non-hydrogen) atoms. The number of aromatic nitrogens is 1. The van der Waals surface area contributed by atoms with Crippen molar-refractivity contribution in [1.82, 2.24) is 4.98 Å². The zero-order valence-corrected chi connectivity index (χ0v) is 11.1. The molecule has 7 heteroatoms. The summed E-state index contributed by atoms with van der Waals surface area (Å²) in [6.07, 6.45) is -4.44. The lowest BCUT2D eigenvalue weighted by Gasteiger charge is -2.04. The van der Waals surface area contributed by atoms with E-state index in [1.165, 1.54) is 18.2 Å². The van der Waals surface area contributed by atoms with Crippen molar-refractivity contribution < 1.29 is 22.7 Å². The molecule has 0 radical (unpaired) electrons. The molecule has 0 unspecified atom stereocenters. The smallest absolute Gasteiger partial charge is 0.416 e. The van der Waals surface area contributed by atoms with Crippen LogP contribution in [0.4, 0.5) is 17.6 Å². The van der Waals surface area contributed by atoms with Gasteiger partial charge < -0.3 is 5.11 Å². The van der Waals surface area contributed by atoms with Gasteiger partial charge in [0, 0.05) is 11.6 Å². The van der Waals surface area contributed by atoms with Crippen molar-refractivity contribution in [3.8, 4) is 16.3 Å². The molecule has 2 nitrogen and oxygen atoms in total. The number of thiazole rings is 1. The van der Waals surface area contributed by atoms with E-state index in [2.05, 4.69) is 4.98 Å². The van der Waals surface area contributed by atoms with E-state index in [1.54, 1.807) is 0 Å². The summed E-state index contributed by atoms with van der Waals surface area (Å²) in [5.74, 6) is -0.901. The van der Waals surface area contributed by atoms with Crippen molar-refractivity contribution in [2.45, 2.75) is 6.18 Å². The van der Waals surface area contributed by atoms with Crippen LogP contribution in [0.3, 0.4) is 0 Å². The molecule has 0 aliphatic rings. The minimum atomic E-state index is -4.44. The largest absolute Gasteiger partial charge is 0.508 e. The van der Waals surface area contributed by atoms with Crippen molar-refractivity contribution in [3.05, 3.63) is 47.8 Å². The standard InChI is InChI=1S/C14H7F4NOS/c15-10-6-8(20)2-3-9(10)13-19-11-5-7(14(16,17)18)1-4-12(11)21-13/h1-6,20H. The lowest BCUT2D eigenvalue weighted by Crippen LogP contribution is -2.03. The molecule has 1 N–H and O–H groups in total. The van der Waals surface area contributed by atoms with Crippen LogP contribution in [0.25, 0.3) is 20.8 Å². The molecule has 0 atom stereocenters. The molecule has 0 aliphatic heterocycles. The van der Waals surface area contributed by atoms with Crippen LogP contribution in [0.5, 0.6) is 5.75 Å². The van der Waals surface area contributed by atoms with Crippen molar-refractivity contribution in [1.29, 1.82) is 0 Å².